The molecule has 140 valence electrons. The van der Waals surface area contributed by atoms with E-state index in [2.05, 4.69) is 15.6 Å². The van der Waals surface area contributed by atoms with Crippen molar-refractivity contribution in [3.8, 4) is 0 Å². The number of anilines is 1. The van der Waals surface area contributed by atoms with Gasteiger partial charge in [-0.05, 0) is 42.7 Å². The van der Waals surface area contributed by atoms with Crippen LogP contribution in [0, 0.1) is 12.8 Å². The van der Waals surface area contributed by atoms with E-state index >= 15 is 0 Å². The molecule has 2 heterocycles. The number of imidazole rings is 1. The molecule has 0 radical (unpaired) electrons. The lowest BCUT2D eigenvalue weighted by Gasteiger charge is -2.08. The lowest BCUT2D eigenvalue weighted by atomic mass is 10.2. The average molecular weight is 385 g/mol. The Morgan fingerprint density at radius 1 is 1.15 bits per heavy atom. The van der Waals surface area contributed by atoms with Crippen molar-refractivity contribution in [2.45, 2.75) is 20.8 Å². The number of carbonyl (C=O) groups is 2. The highest BCUT2D eigenvalue weighted by Crippen LogP contribution is 2.24. The van der Waals surface area contributed by atoms with Crippen LogP contribution in [0.5, 0.6) is 0 Å². The number of aromatic nitrogens is 2. The molecule has 0 spiro atoms. The predicted octanol–water partition coefficient (Wildman–Crippen LogP) is 3.93. The number of benzene rings is 1. The molecule has 0 fully saturated rings. The highest BCUT2D eigenvalue weighted by Gasteiger charge is 2.22. The largest absolute Gasteiger partial charge is 0.349 e. The van der Waals surface area contributed by atoms with Crippen molar-refractivity contribution in [3.63, 3.8) is 0 Å². The molecular weight excluding hydrogens is 364 g/mol. The smallest absolute Gasteiger partial charge is 0.287 e. The molecule has 6 nitrogen and oxygen atoms in total. The number of carbonyl (C=O) groups excluding carboxylic acids is 2. The molecule has 7 heteroatoms. The molecule has 3 aromatic rings. The van der Waals surface area contributed by atoms with Gasteiger partial charge in [0.15, 0.2) is 5.69 Å². The van der Waals surface area contributed by atoms with Gasteiger partial charge < -0.3 is 10.6 Å². The Bertz CT molecular complexity index is 1010. The van der Waals surface area contributed by atoms with Gasteiger partial charge in [-0.3, -0.25) is 14.0 Å². The molecule has 0 atom stereocenters. The van der Waals surface area contributed by atoms with Gasteiger partial charge in [0.1, 0.15) is 0 Å². The Labute approximate surface area is 162 Å². The minimum absolute atomic E-state index is 0.180. The van der Waals surface area contributed by atoms with Gasteiger partial charge in [-0.1, -0.05) is 37.6 Å². The van der Waals surface area contributed by atoms with E-state index in [0.29, 0.717) is 28.7 Å². The van der Waals surface area contributed by atoms with E-state index in [1.54, 1.807) is 47.0 Å². The number of rotatable bonds is 5. The molecule has 0 aliphatic heterocycles. The SMILES string of the molecule is Cc1c(Cl)cccc1NC(=O)c1nc(C(=O)NCC(C)C)n2ccccc12. The topological polar surface area (TPSA) is 75.5 Å². The van der Waals surface area contributed by atoms with Crippen molar-refractivity contribution >= 4 is 34.6 Å². The third-order valence-electron chi connectivity index (χ3n) is 4.15. The standard InChI is InChI=1S/C20H21ClN4O2/c1-12(2)11-22-20(27)18-24-17(16-9-4-5-10-25(16)18)19(26)23-15-8-6-7-14(21)13(15)3/h4-10,12H,11H2,1-3H3,(H,22,27)(H,23,26). The van der Waals surface area contributed by atoms with Crippen molar-refractivity contribution in [1.82, 2.24) is 14.7 Å². The third kappa shape index (κ3) is 3.95. The molecule has 0 saturated heterocycles. The Morgan fingerprint density at radius 3 is 2.67 bits per heavy atom. The fourth-order valence-corrected chi connectivity index (χ4v) is 2.84. The Hall–Kier alpha value is -2.86. The zero-order valence-electron chi connectivity index (χ0n) is 15.4. The molecule has 3 rings (SSSR count). The van der Waals surface area contributed by atoms with E-state index in [4.69, 9.17) is 11.6 Å². The zero-order chi connectivity index (χ0) is 19.6. The highest BCUT2D eigenvalue weighted by molar-refractivity contribution is 6.31. The second-order valence-electron chi connectivity index (χ2n) is 6.71. The van der Waals surface area contributed by atoms with Gasteiger partial charge in [0.05, 0.1) is 5.52 Å². The zero-order valence-corrected chi connectivity index (χ0v) is 16.2. The maximum atomic E-state index is 12.8. The van der Waals surface area contributed by atoms with Crippen LogP contribution in [0.3, 0.4) is 0 Å². The van der Waals surface area contributed by atoms with Crippen LogP contribution >= 0.6 is 11.6 Å². The van der Waals surface area contributed by atoms with E-state index < -0.39 is 5.91 Å². The number of hydrogen-bond acceptors (Lipinski definition) is 3. The first-order valence-electron chi connectivity index (χ1n) is 8.70. The molecule has 2 N–H and O–H groups in total. The van der Waals surface area contributed by atoms with Crippen LogP contribution in [0.25, 0.3) is 5.52 Å². The van der Waals surface area contributed by atoms with Crippen LogP contribution < -0.4 is 10.6 Å². The second kappa shape index (κ2) is 7.80. The van der Waals surface area contributed by atoms with Crippen LogP contribution in [0.4, 0.5) is 5.69 Å². The van der Waals surface area contributed by atoms with Gasteiger partial charge in [-0.2, -0.15) is 0 Å². The molecule has 0 aliphatic rings. The molecule has 0 unspecified atom stereocenters. The Morgan fingerprint density at radius 2 is 1.93 bits per heavy atom. The molecule has 27 heavy (non-hydrogen) atoms. The molecule has 2 amide bonds. The van der Waals surface area contributed by atoms with Gasteiger partial charge in [0.2, 0.25) is 5.82 Å². The maximum Gasteiger partial charge on any atom is 0.287 e. The van der Waals surface area contributed by atoms with Crippen LogP contribution in [0.1, 0.15) is 40.5 Å². The van der Waals surface area contributed by atoms with Crippen molar-refractivity contribution in [1.29, 1.82) is 0 Å². The van der Waals surface area contributed by atoms with Crippen molar-refractivity contribution in [3.05, 3.63) is 64.7 Å². The second-order valence-corrected chi connectivity index (χ2v) is 7.12. The minimum atomic E-state index is -0.396. The molecule has 0 aliphatic carbocycles. The van der Waals surface area contributed by atoms with E-state index in [9.17, 15) is 9.59 Å². The lowest BCUT2D eigenvalue weighted by molar-refractivity contribution is 0.0938. The van der Waals surface area contributed by atoms with E-state index in [1.807, 2.05) is 20.8 Å². The summed E-state index contributed by atoms with van der Waals surface area (Å²) in [5, 5.41) is 6.23. The summed E-state index contributed by atoms with van der Waals surface area (Å²) in [6.07, 6.45) is 1.72. The quantitative estimate of drug-likeness (QED) is 0.699. The number of fused-ring (bicyclic) bond motifs is 1. The van der Waals surface area contributed by atoms with Crippen molar-refractivity contribution < 1.29 is 9.59 Å². The number of amides is 2. The van der Waals surface area contributed by atoms with Crippen molar-refractivity contribution in [2.24, 2.45) is 5.92 Å². The Balaban J connectivity index is 1.96. The summed E-state index contributed by atoms with van der Waals surface area (Å²) in [6, 6.07) is 10.6. The number of hydrogen-bond donors (Lipinski definition) is 2. The van der Waals surface area contributed by atoms with Crippen LogP contribution in [0.15, 0.2) is 42.6 Å². The van der Waals surface area contributed by atoms with Gasteiger partial charge in [0.25, 0.3) is 11.8 Å². The first-order valence-corrected chi connectivity index (χ1v) is 9.08. The summed E-state index contributed by atoms with van der Waals surface area (Å²) < 4.78 is 1.62. The third-order valence-corrected chi connectivity index (χ3v) is 4.56. The summed E-state index contributed by atoms with van der Waals surface area (Å²) in [7, 11) is 0. The normalized spacial score (nSPS) is 11.0. The molecule has 1 aromatic carbocycles. The van der Waals surface area contributed by atoms with Gasteiger partial charge in [0, 0.05) is 23.5 Å². The fourth-order valence-electron chi connectivity index (χ4n) is 2.67. The number of pyridine rings is 1. The molecule has 2 aromatic heterocycles. The number of nitrogens with zero attached hydrogens (tertiary/aromatic N) is 2. The van der Waals surface area contributed by atoms with Gasteiger partial charge >= 0.3 is 0 Å². The molecule has 0 saturated carbocycles. The van der Waals surface area contributed by atoms with Gasteiger partial charge in [-0.15, -0.1) is 0 Å². The first-order chi connectivity index (χ1) is 12.9. The van der Waals surface area contributed by atoms with E-state index in [-0.39, 0.29) is 17.4 Å². The summed E-state index contributed by atoms with van der Waals surface area (Å²) in [6.45, 7) is 6.38. The van der Waals surface area contributed by atoms with Gasteiger partial charge in [-0.25, -0.2) is 4.98 Å². The first kappa shape index (κ1) is 18.9. The Kier molecular flexibility index (Phi) is 5.46. The fraction of sp³-hybridized carbons (Fsp3) is 0.250. The molecular formula is C20H21ClN4O2. The highest BCUT2D eigenvalue weighted by atomic mass is 35.5. The van der Waals surface area contributed by atoms with Crippen LogP contribution in [-0.4, -0.2) is 27.7 Å². The average Bonchev–Trinajstić information content (AvgIpc) is 3.03. The molecule has 0 bridgehead atoms. The lowest BCUT2D eigenvalue weighted by Crippen LogP contribution is -2.29. The van der Waals surface area contributed by atoms with Crippen LogP contribution in [0.2, 0.25) is 5.02 Å². The predicted molar refractivity (Wildman–Crippen MR) is 107 cm³/mol. The number of nitrogens with one attached hydrogen (secondary N) is 2. The minimum Gasteiger partial charge on any atom is -0.349 e. The summed E-state index contributed by atoms with van der Waals surface area (Å²) in [5.74, 6) is -0.220. The van der Waals surface area contributed by atoms with Crippen LogP contribution in [-0.2, 0) is 0 Å². The van der Waals surface area contributed by atoms with Crippen molar-refractivity contribution in [2.75, 3.05) is 11.9 Å². The maximum absolute atomic E-state index is 12.8. The summed E-state index contributed by atoms with van der Waals surface area (Å²) in [5.41, 5.74) is 2.12. The summed E-state index contributed by atoms with van der Waals surface area (Å²) >= 11 is 6.12. The number of halogens is 1. The monoisotopic (exact) mass is 384 g/mol. The van der Waals surface area contributed by atoms with E-state index in [1.165, 1.54) is 0 Å². The summed E-state index contributed by atoms with van der Waals surface area (Å²) in [4.78, 5) is 29.7. The van der Waals surface area contributed by atoms with E-state index in [0.717, 1.165) is 5.56 Å².